The van der Waals surface area contributed by atoms with Crippen LogP contribution in [0.3, 0.4) is 0 Å². The SMILES string of the molecule is Cl.Cl.NCC1CCN(C(=O)CCc2ncc(-c3ccc(F)cc3F)o2)C1. The van der Waals surface area contributed by atoms with Gasteiger partial charge in [0.05, 0.1) is 11.8 Å². The number of rotatable bonds is 5. The fourth-order valence-electron chi connectivity index (χ4n) is 2.86. The first-order chi connectivity index (χ1) is 11.6. The van der Waals surface area contributed by atoms with Gasteiger partial charge in [0.25, 0.3) is 0 Å². The number of likely N-dealkylation sites (tertiary alicyclic amines) is 1. The third-order valence-corrected chi connectivity index (χ3v) is 4.27. The molecule has 1 amide bonds. The molecule has 144 valence electrons. The van der Waals surface area contributed by atoms with Crippen LogP contribution in [0.2, 0.25) is 0 Å². The molecule has 0 bridgehead atoms. The number of oxazole rings is 1. The van der Waals surface area contributed by atoms with Crippen LogP contribution in [0.15, 0.2) is 28.8 Å². The minimum Gasteiger partial charge on any atom is -0.441 e. The van der Waals surface area contributed by atoms with E-state index in [2.05, 4.69) is 4.98 Å². The minimum atomic E-state index is -0.710. The Bertz CT molecular complexity index is 743. The maximum absolute atomic E-state index is 13.7. The van der Waals surface area contributed by atoms with Gasteiger partial charge in [-0.1, -0.05) is 0 Å². The normalized spacial score (nSPS) is 16.1. The van der Waals surface area contributed by atoms with Gasteiger partial charge in [-0.2, -0.15) is 0 Å². The average Bonchev–Trinajstić information content (AvgIpc) is 3.22. The number of aromatic nitrogens is 1. The first-order valence-electron chi connectivity index (χ1n) is 7.95. The van der Waals surface area contributed by atoms with Crippen molar-refractivity contribution < 1.29 is 18.0 Å². The van der Waals surface area contributed by atoms with Crippen molar-refractivity contribution >= 4 is 30.7 Å². The maximum Gasteiger partial charge on any atom is 0.223 e. The number of benzene rings is 1. The molecule has 1 saturated heterocycles. The van der Waals surface area contributed by atoms with Crippen molar-refractivity contribution in [1.82, 2.24) is 9.88 Å². The van der Waals surface area contributed by atoms with Gasteiger partial charge in [0.2, 0.25) is 5.91 Å². The molecule has 0 aliphatic carbocycles. The van der Waals surface area contributed by atoms with Gasteiger partial charge in [-0.05, 0) is 31.0 Å². The Morgan fingerprint density at radius 3 is 2.77 bits per heavy atom. The van der Waals surface area contributed by atoms with Crippen molar-refractivity contribution in [3.8, 4) is 11.3 Å². The highest BCUT2D eigenvalue weighted by molar-refractivity contribution is 5.85. The number of aryl methyl sites for hydroxylation is 1. The van der Waals surface area contributed by atoms with Crippen LogP contribution in [0, 0.1) is 17.6 Å². The van der Waals surface area contributed by atoms with Crippen LogP contribution in [-0.2, 0) is 11.2 Å². The number of amides is 1. The Morgan fingerprint density at radius 2 is 2.12 bits per heavy atom. The predicted molar refractivity (Wildman–Crippen MR) is 98.4 cm³/mol. The van der Waals surface area contributed by atoms with Crippen molar-refractivity contribution in [1.29, 1.82) is 0 Å². The summed E-state index contributed by atoms with van der Waals surface area (Å²) in [6.45, 7) is 2.03. The number of halogens is 4. The number of carbonyl (C=O) groups is 1. The van der Waals surface area contributed by atoms with E-state index in [1.54, 1.807) is 4.90 Å². The van der Waals surface area contributed by atoms with Crippen LogP contribution in [-0.4, -0.2) is 35.4 Å². The monoisotopic (exact) mass is 407 g/mol. The van der Waals surface area contributed by atoms with E-state index in [1.807, 2.05) is 0 Å². The molecule has 0 radical (unpaired) electrons. The molecule has 1 aliphatic heterocycles. The molecule has 1 unspecified atom stereocenters. The molecule has 26 heavy (non-hydrogen) atoms. The Hall–Kier alpha value is -1.70. The molecule has 0 saturated carbocycles. The zero-order chi connectivity index (χ0) is 17.1. The van der Waals surface area contributed by atoms with Crippen LogP contribution < -0.4 is 5.73 Å². The number of hydrogen-bond acceptors (Lipinski definition) is 4. The van der Waals surface area contributed by atoms with Crippen molar-refractivity contribution in [2.45, 2.75) is 19.3 Å². The summed E-state index contributed by atoms with van der Waals surface area (Å²) < 4.78 is 32.2. The summed E-state index contributed by atoms with van der Waals surface area (Å²) in [6, 6.07) is 3.25. The Kier molecular flexibility index (Phi) is 8.46. The van der Waals surface area contributed by atoms with Crippen LogP contribution in [0.4, 0.5) is 8.78 Å². The molecule has 1 aliphatic rings. The number of carbonyl (C=O) groups excluding carboxylic acids is 1. The fourth-order valence-corrected chi connectivity index (χ4v) is 2.86. The second-order valence-electron chi connectivity index (χ2n) is 5.97. The van der Waals surface area contributed by atoms with Crippen LogP contribution in [0.1, 0.15) is 18.7 Å². The molecular weight excluding hydrogens is 387 g/mol. The van der Waals surface area contributed by atoms with E-state index in [0.717, 1.165) is 25.1 Å². The summed E-state index contributed by atoms with van der Waals surface area (Å²) in [5, 5.41) is 0. The van der Waals surface area contributed by atoms with E-state index in [0.29, 0.717) is 31.3 Å². The van der Waals surface area contributed by atoms with E-state index >= 15 is 0 Å². The van der Waals surface area contributed by atoms with Gasteiger partial charge in [0, 0.05) is 32.0 Å². The van der Waals surface area contributed by atoms with E-state index < -0.39 is 11.6 Å². The van der Waals surface area contributed by atoms with Gasteiger partial charge in [-0.3, -0.25) is 4.79 Å². The maximum atomic E-state index is 13.7. The van der Waals surface area contributed by atoms with E-state index in [-0.39, 0.29) is 48.5 Å². The first kappa shape index (κ1) is 22.3. The van der Waals surface area contributed by atoms with Gasteiger partial charge in [0.1, 0.15) is 11.6 Å². The Labute approximate surface area is 162 Å². The van der Waals surface area contributed by atoms with Gasteiger partial charge >= 0.3 is 0 Å². The highest BCUT2D eigenvalue weighted by Crippen LogP contribution is 2.25. The van der Waals surface area contributed by atoms with Gasteiger partial charge < -0.3 is 15.1 Å². The smallest absolute Gasteiger partial charge is 0.223 e. The molecule has 0 spiro atoms. The average molecular weight is 408 g/mol. The lowest BCUT2D eigenvalue weighted by atomic mass is 10.1. The molecule has 3 rings (SSSR count). The summed E-state index contributed by atoms with van der Waals surface area (Å²) in [5.41, 5.74) is 5.77. The molecule has 2 aromatic rings. The summed E-state index contributed by atoms with van der Waals surface area (Å²) in [4.78, 5) is 18.0. The Balaban J connectivity index is 0.00000169. The van der Waals surface area contributed by atoms with Crippen LogP contribution in [0.25, 0.3) is 11.3 Å². The third-order valence-electron chi connectivity index (χ3n) is 4.27. The quantitative estimate of drug-likeness (QED) is 0.825. The third kappa shape index (κ3) is 5.16. The largest absolute Gasteiger partial charge is 0.441 e. The van der Waals surface area contributed by atoms with Crippen molar-refractivity contribution in [2.24, 2.45) is 11.7 Å². The fraction of sp³-hybridized carbons (Fsp3) is 0.412. The lowest BCUT2D eigenvalue weighted by molar-refractivity contribution is -0.130. The molecule has 1 aromatic carbocycles. The van der Waals surface area contributed by atoms with Crippen molar-refractivity contribution in [2.75, 3.05) is 19.6 Å². The number of nitrogens with zero attached hydrogens (tertiary/aromatic N) is 2. The zero-order valence-electron chi connectivity index (χ0n) is 14.0. The van der Waals surface area contributed by atoms with Crippen LogP contribution >= 0.6 is 24.8 Å². The first-order valence-corrected chi connectivity index (χ1v) is 7.95. The van der Waals surface area contributed by atoms with Gasteiger partial charge in [0.15, 0.2) is 11.7 Å². The van der Waals surface area contributed by atoms with Crippen LogP contribution in [0.5, 0.6) is 0 Å². The molecule has 2 N–H and O–H groups in total. The summed E-state index contributed by atoms with van der Waals surface area (Å²) >= 11 is 0. The highest BCUT2D eigenvalue weighted by atomic mass is 35.5. The minimum absolute atomic E-state index is 0. The Morgan fingerprint density at radius 1 is 1.35 bits per heavy atom. The zero-order valence-corrected chi connectivity index (χ0v) is 15.6. The molecule has 5 nitrogen and oxygen atoms in total. The second kappa shape index (κ2) is 9.85. The molecule has 1 atom stereocenters. The highest BCUT2D eigenvalue weighted by Gasteiger charge is 2.25. The van der Waals surface area contributed by atoms with Crippen molar-refractivity contribution in [3.05, 3.63) is 41.9 Å². The lowest BCUT2D eigenvalue weighted by Gasteiger charge is -2.15. The summed E-state index contributed by atoms with van der Waals surface area (Å²) in [7, 11) is 0. The summed E-state index contributed by atoms with van der Waals surface area (Å²) in [5.74, 6) is -0.361. The lowest BCUT2D eigenvalue weighted by Crippen LogP contribution is -2.30. The van der Waals surface area contributed by atoms with E-state index in [9.17, 15) is 13.6 Å². The van der Waals surface area contributed by atoms with E-state index in [4.69, 9.17) is 10.2 Å². The molecule has 2 heterocycles. The standard InChI is InChI=1S/C17H19F2N3O2.2ClH/c18-12-1-2-13(14(19)7-12)15-9-21-16(24-15)3-4-17(23)22-6-5-11(8-20)10-22;;/h1-2,7,9,11H,3-6,8,10,20H2;2*1H. The number of hydrogen-bond donors (Lipinski definition) is 1. The summed E-state index contributed by atoms with van der Waals surface area (Å²) in [6.07, 6.45) is 2.94. The molecular formula is C17H21Cl2F2N3O2. The van der Waals surface area contributed by atoms with Crippen molar-refractivity contribution in [3.63, 3.8) is 0 Å². The predicted octanol–water partition coefficient (Wildman–Crippen LogP) is 3.20. The second-order valence-corrected chi connectivity index (χ2v) is 5.97. The molecule has 1 fully saturated rings. The molecule has 1 aromatic heterocycles. The number of nitrogens with two attached hydrogens (primary N) is 1. The van der Waals surface area contributed by atoms with Gasteiger partial charge in [-0.15, -0.1) is 24.8 Å². The van der Waals surface area contributed by atoms with Gasteiger partial charge in [-0.25, -0.2) is 13.8 Å². The van der Waals surface area contributed by atoms with E-state index in [1.165, 1.54) is 12.3 Å². The topological polar surface area (TPSA) is 72.4 Å². The molecule has 9 heteroatoms.